The lowest BCUT2D eigenvalue weighted by Gasteiger charge is -2.13. The van der Waals surface area contributed by atoms with Gasteiger partial charge in [-0.05, 0) is 30.7 Å². The highest BCUT2D eigenvalue weighted by Gasteiger charge is 2.15. The lowest BCUT2D eigenvalue weighted by Crippen LogP contribution is -2.07. The summed E-state index contributed by atoms with van der Waals surface area (Å²) in [5, 5.41) is 21.3. The molecule has 0 spiro atoms. The summed E-state index contributed by atoms with van der Waals surface area (Å²) in [5.74, 6) is -2.13. The van der Waals surface area contributed by atoms with Crippen molar-refractivity contribution in [3.05, 3.63) is 59.2 Å². The van der Waals surface area contributed by atoms with Crippen LogP contribution in [0.5, 0.6) is 0 Å². The molecule has 0 heterocycles. The van der Waals surface area contributed by atoms with E-state index in [9.17, 15) is 14.7 Å². The molecular weight excluding hydrogens is 258 g/mol. The van der Waals surface area contributed by atoms with Crippen molar-refractivity contribution in [3.8, 4) is 0 Å². The summed E-state index contributed by atoms with van der Waals surface area (Å²) in [6.07, 6.45) is 0. The predicted octanol–water partition coefficient (Wildman–Crippen LogP) is 3.14. The first-order valence-corrected chi connectivity index (χ1v) is 5.93. The van der Waals surface area contributed by atoms with Crippen LogP contribution in [0.3, 0.4) is 0 Å². The van der Waals surface area contributed by atoms with Gasteiger partial charge in [-0.2, -0.15) is 0 Å². The molecule has 102 valence electrons. The van der Waals surface area contributed by atoms with Gasteiger partial charge in [0.25, 0.3) is 0 Å². The van der Waals surface area contributed by atoms with Crippen LogP contribution in [0, 0.1) is 6.92 Å². The van der Waals surface area contributed by atoms with Gasteiger partial charge in [-0.25, -0.2) is 9.59 Å². The molecule has 3 N–H and O–H groups in total. The molecule has 0 bridgehead atoms. The van der Waals surface area contributed by atoms with Crippen LogP contribution in [-0.2, 0) is 0 Å². The number of carbonyl (C=O) groups is 2. The van der Waals surface area contributed by atoms with Crippen molar-refractivity contribution in [1.82, 2.24) is 0 Å². The van der Waals surface area contributed by atoms with Gasteiger partial charge in [0.05, 0.1) is 22.5 Å². The van der Waals surface area contributed by atoms with Gasteiger partial charge >= 0.3 is 11.9 Å². The number of aryl methyl sites for hydroxylation is 1. The number of anilines is 2. The van der Waals surface area contributed by atoms with E-state index in [1.54, 1.807) is 43.3 Å². The average molecular weight is 271 g/mol. The smallest absolute Gasteiger partial charge is 0.338 e. The Labute approximate surface area is 115 Å². The van der Waals surface area contributed by atoms with E-state index in [-0.39, 0.29) is 11.1 Å². The van der Waals surface area contributed by atoms with Crippen molar-refractivity contribution in [1.29, 1.82) is 0 Å². The zero-order chi connectivity index (χ0) is 14.7. The molecule has 0 aliphatic heterocycles. The van der Waals surface area contributed by atoms with Crippen molar-refractivity contribution < 1.29 is 19.8 Å². The van der Waals surface area contributed by atoms with E-state index in [0.717, 1.165) is 0 Å². The lowest BCUT2D eigenvalue weighted by atomic mass is 10.1. The molecular formula is C15H13NO4. The number of para-hydroxylation sites is 1. The summed E-state index contributed by atoms with van der Waals surface area (Å²) in [6.45, 7) is 1.69. The summed E-state index contributed by atoms with van der Waals surface area (Å²) >= 11 is 0. The van der Waals surface area contributed by atoms with E-state index in [1.807, 2.05) is 0 Å². The second-order valence-electron chi connectivity index (χ2n) is 4.28. The number of carboxylic acid groups (broad SMARTS) is 2. The zero-order valence-corrected chi connectivity index (χ0v) is 10.8. The minimum absolute atomic E-state index is 0.0883. The van der Waals surface area contributed by atoms with Crippen LogP contribution in [0.2, 0.25) is 0 Å². The van der Waals surface area contributed by atoms with E-state index >= 15 is 0 Å². The molecule has 2 aromatic carbocycles. The second-order valence-corrected chi connectivity index (χ2v) is 4.28. The van der Waals surface area contributed by atoms with Gasteiger partial charge in [0.1, 0.15) is 0 Å². The van der Waals surface area contributed by atoms with Gasteiger partial charge in [0.15, 0.2) is 0 Å². The van der Waals surface area contributed by atoms with Crippen LogP contribution >= 0.6 is 0 Å². The van der Waals surface area contributed by atoms with E-state index in [1.165, 1.54) is 6.07 Å². The number of benzene rings is 2. The summed E-state index contributed by atoms with van der Waals surface area (Å²) in [4.78, 5) is 22.4. The number of hydrogen-bond donors (Lipinski definition) is 3. The van der Waals surface area contributed by atoms with Crippen LogP contribution in [0.1, 0.15) is 26.3 Å². The molecule has 2 rings (SSSR count). The molecule has 0 unspecified atom stereocenters. The third-order valence-electron chi connectivity index (χ3n) is 2.91. The summed E-state index contributed by atoms with van der Waals surface area (Å²) in [6, 6.07) is 11.4. The van der Waals surface area contributed by atoms with Crippen molar-refractivity contribution in [3.63, 3.8) is 0 Å². The molecule has 0 atom stereocenters. The van der Waals surface area contributed by atoms with Crippen LogP contribution in [0.25, 0.3) is 0 Å². The van der Waals surface area contributed by atoms with E-state index in [4.69, 9.17) is 5.11 Å². The molecule has 0 aromatic heterocycles. The molecule has 0 amide bonds. The van der Waals surface area contributed by atoms with E-state index in [0.29, 0.717) is 16.9 Å². The predicted molar refractivity (Wildman–Crippen MR) is 74.8 cm³/mol. The third-order valence-corrected chi connectivity index (χ3v) is 2.91. The van der Waals surface area contributed by atoms with Gasteiger partial charge in [0.2, 0.25) is 0 Å². The topological polar surface area (TPSA) is 86.6 Å². The molecule has 0 aliphatic rings. The molecule has 0 saturated carbocycles. The molecule has 5 heteroatoms. The summed E-state index contributed by atoms with van der Waals surface area (Å²) in [5.41, 5.74) is 1.55. The van der Waals surface area contributed by atoms with Crippen LogP contribution in [-0.4, -0.2) is 22.2 Å². The average Bonchev–Trinajstić information content (AvgIpc) is 2.38. The highest BCUT2D eigenvalue weighted by molar-refractivity contribution is 5.99. The normalized spacial score (nSPS) is 10.1. The first kappa shape index (κ1) is 13.6. The minimum atomic E-state index is -1.07. The first-order valence-electron chi connectivity index (χ1n) is 5.93. The van der Waals surface area contributed by atoms with Crippen molar-refractivity contribution in [2.45, 2.75) is 6.92 Å². The maximum atomic E-state index is 11.3. The van der Waals surface area contributed by atoms with E-state index in [2.05, 4.69) is 5.32 Å². The van der Waals surface area contributed by atoms with Gasteiger partial charge < -0.3 is 15.5 Å². The second kappa shape index (κ2) is 5.44. The van der Waals surface area contributed by atoms with Gasteiger partial charge in [0, 0.05) is 0 Å². The Balaban J connectivity index is 2.49. The largest absolute Gasteiger partial charge is 0.478 e. The number of nitrogens with one attached hydrogen (secondary N) is 1. The molecule has 0 saturated heterocycles. The Hall–Kier alpha value is -2.82. The number of hydrogen-bond acceptors (Lipinski definition) is 3. The fourth-order valence-electron chi connectivity index (χ4n) is 1.98. The summed E-state index contributed by atoms with van der Waals surface area (Å²) < 4.78 is 0. The standard InChI is InChI=1S/C15H13NO4/c1-9-5-4-8-12(13(9)15(19)20)16-11-7-3-2-6-10(11)14(17)18/h2-8,16H,1H3,(H,17,18)(H,19,20). The van der Waals surface area contributed by atoms with Crippen molar-refractivity contribution in [2.75, 3.05) is 5.32 Å². The molecule has 2 aromatic rings. The Morgan fingerprint density at radius 1 is 0.900 bits per heavy atom. The Morgan fingerprint density at radius 3 is 2.20 bits per heavy atom. The Bertz CT molecular complexity index is 679. The minimum Gasteiger partial charge on any atom is -0.478 e. The molecule has 0 aliphatic carbocycles. The summed E-state index contributed by atoms with van der Waals surface area (Å²) in [7, 11) is 0. The molecule has 0 radical (unpaired) electrons. The van der Waals surface area contributed by atoms with Gasteiger partial charge in [-0.3, -0.25) is 0 Å². The first-order chi connectivity index (χ1) is 9.50. The van der Waals surface area contributed by atoms with Crippen LogP contribution in [0.15, 0.2) is 42.5 Å². The monoisotopic (exact) mass is 271 g/mol. The SMILES string of the molecule is Cc1cccc(Nc2ccccc2C(=O)O)c1C(=O)O. The Morgan fingerprint density at radius 2 is 1.55 bits per heavy atom. The zero-order valence-electron chi connectivity index (χ0n) is 10.8. The third kappa shape index (κ3) is 2.61. The van der Waals surface area contributed by atoms with Crippen LogP contribution < -0.4 is 5.32 Å². The van der Waals surface area contributed by atoms with Crippen LogP contribution in [0.4, 0.5) is 11.4 Å². The molecule has 20 heavy (non-hydrogen) atoms. The number of carboxylic acids is 2. The van der Waals surface area contributed by atoms with Gasteiger partial charge in [-0.1, -0.05) is 24.3 Å². The lowest BCUT2D eigenvalue weighted by molar-refractivity contribution is 0.0687. The maximum absolute atomic E-state index is 11.3. The van der Waals surface area contributed by atoms with Gasteiger partial charge in [-0.15, -0.1) is 0 Å². The highest BCUT2D eigenvalue weighted by atomic mass is 16.4. The Kier molecular flexibility index (Phi) is 3.70. The molecule has 0 fully saturated rings. The molecule has 5 nitrogen and oxygen atoms in total. The number of aromatic carboxylic acids is 2. The number of rotatable bonds is 4. The fourth-order valence-corrected chi connectivity index (χ4v) is 1.98. The van der Waals surface area contributed by atoms with Crippen molar-refractivity contribution >= 4 is 23.3 Å². The quantitative estimate of drug-likeness (QED) is 0.795. The fraction of sp³-hybridized carbons (Fsp3) is 0.0667. The van der Waals surface area contributed by atoms with Crippen molar-refractivity contribution in [2.24, 2.45) is 0 Å². The van der Waals surface area contributed by atoms with E-state index < -0.39 is 11.9 Å². The maximum Gasteiger partial charge on any atom is 0.338 e. The highest BCUT2D eigenvalue weighted by Crippen LogP contribution is 2.26.